The number of thiophene rings is 1. The highest BCUT2D eigenvalue weighted by Crippen LogP contribution is 2.31. The number of primary amides is 1. The number of nitrogens with one attached hydrogen (secondary N) is 1. The number of hydrogen-bond acceptors (Lipinski definition) is 4. The fraction of sp³-hybridized carbons (Fsp3) is 0.0909. The molecule has 2 aromatic rings. The maximum atomic E-state index is 11.2. The van der Waals surface area contributed by atoms with Crippen LogP contribution in [0.1, 0.15) is 15.4 Å². The van der Waals surface area contributed by atoms with Crippen LogP contribution in [-0.2, 0) is 6.54 Å². The zero-order valence-corrected chi connectivity index (χ0v) is 11.2. The van der Waals surface area contributed by atoms with E-state index >= 15 is 0 Å². The van der Waals surface area contributed by atoms with E-state index in [1.807, 2.05) is 24.3 Å². The smallest absolute Gasteiger partial charge is 0.260 e. The van der Waals surface area contributed by atoms with Crippen molar-refractivity contribution >= 4 is 38.9 Å². The first-order valence-electron chi connectivity index (χ1n) is 4.89. The number of carbonyl (C=O) groups is 1. The minimum absolute atomic E-state index is 0.427. The van der Waals surface area contributed by atoms with Gasteiger partial charge >= 0.3 is 0 Å². The SMILES string of the molecule is NC(=O)c1sc(Br)cc1NCc1ccccn1. The van der Waals surface area contributed by atoms with E-state index in [2.05, 4.69) is 26.2 Å². The molecular formula is C11H10BrN3OS. The van der Waals surface area contributed by atoms with Crippen molar-refractivity contribution in [3.8, 4) is 0 Å². The van der Waals surface area contributed by atoms with Crippen LogP contribution in [-0.4, -0.2) is 10.9 Å². The molecule has 2 heterocycles. The van der Waals surface area contributed by atoms with Crippen LogP contribution in [0, 0.1) is 0 Å². The number of aromatic nitrogens is 1. The third kappa shape index (κ3) is 3.04. The molecule has 0 saturated carbocycles. The van der Waals surface area contributed by atoms with Gasteiger partial charge < -0.3 is 11.1 Å². The molecule has 0 aliphatic heterocycles. The van der Waals surface area contributed by atoms with Gasteiger partial charge in [0.1, 0.15) is 4.88 Å². The number of amides is 1. The van der Waals surface area contributed by atoms with Crippen molar-refractivity contribution in [1.29, 1.82) is 0 Å². The monoisotopic (exact) mass is 311 g/mol. The quantitative estimate of drug-likeness (QED) is 0.912. The van der Waals surface area contributed by atoms with E-state index in [0.717, 1.165) is 15.2 Å². The molecule has 0 atom stereocenters. The lowest BCUT2D eigenvalue weighted by atomic mass is 10.3. The number of rotatable bonds is 4. The van der Waals surface area contributed by atoms with Gasteiger partial charge in [-0.15, -0.1) is 11.3 Å². The van der Waals surface area contributed by atoms with E-state index in [1.54, 1.807) is 6.20 Å². The molecule has 17 heavy (non-hydrogen) atoms. The van der Waals surface area contributed by atoms with Crippen LogP contribution < -0.4 is 11.1 Å². The zero-order valence-electron chi connectivity index (χ0n) is 8.81. The van der Waals surface area contributed by atoms with Crippen molar-refractivity contribution < 1.29 is 4.79 Å². The van der Waals surface area contributed by atoms with Crippen LogP contribution in [0.25, 0.3) is 0 Å². The van der Waals surface area contributed by atoms with Gasteiger partial charge in [0.15, 0.2) is 0 Å². The second kappa shape index (κ2) is 5.29. The average Bonchev–Trinajstić information content (AvgIpc) is 2.69. The third-order valence-electron chi connectivity index (χ3n) is 2.11. The molecule has 0 saturated heterocycles. The second-order valence-corrected chi connectivity index (χ2v) is 5.76. The van der Waals surface area contributed by atoms with Gasteiger partial charge in [-0.2, -0.15) is 0 Å². The summed E-state index contributed by atoms with van der Waals surface area (Å²) in [6.07, 6.45) is 1.73. The fourth-order valence-electron chi connectivity index (χ4n) is 1.36. The van der Waals surface area contributed by atoms with Crippen LogP contribution >= 0.6 is 27.3 Å². The van der Waals surface area contributed by atoms with E-state index < -0.39 is 5.91 Å². The predicted molar refractivity (Wildman–Crippen MR) is 72.1 cm³/mol. The maximum Gasteiger partial charge on any atom is 0.260 e. The fourth-order valence-corrected chi connectivity index (χ4v) is 2.79. The standard InChI is InChI=1S/C11H10BrN3OS/c12-9-5-8(10(17-9)11(13)16)15-6-7-3-1-2-4-14-7/h1-5,15H,6H2,(H2,13,16). The lowest BCUT2D eigenvalue weighted by Crippen LogP contribution is -2.12. The number of pyridine rings is 1. The summed E-state index contributed by atoms with van der Waals surface area (Å²) >= 11 is 4.65. The molecule has 0 radical (unpaired) electrons. The zero-order chi connectivity index (χ0) is 12.3. The van der Waals surface area contributed by atoms with Crippen LogP contribution in [0.15, 0.2) is 34.2 Å². The Hall–Kier alpha value is -1.40. The summed E-state index contributed by atoms with van der Waals surface area (Å²) in [6.45, 7) is 0.560. The highest BCUT2D eigenvalue weighted by Gasteiger charge is 2.12. The van der Waals surface area contributed by atoms with Gasteiger partial charge in [0.25, 0.3) is 5.91 Å². The van der Waals surface area contributed by atoms with Gasteiger partial charge in [-0.3, -0.25) is 9.78 Å². The van der Waals surface area contributed by atoms with E-state index in [4.69, 9.17) is 5.73 Å². The topological polar surface area (TPSA) is 68.0 Å². The first-order valence-corrected chi connectivity index (χ1v) is 6.50. The highest BCUT2D eigenvalue weighted by atomic mass is 79.9. The van der Waals surface area contributed by atoms with E-state index in [9.17, 15) is 4.79 Å². The van der Waals surface area contributed by atoms with Crippen molar-refractivity contribution in [2.24, 2.45) is 5.73 Å². The lowest BCUT2D eigenvalue weighted by Gasteiger charge is -2.04. The van der Waals surface area contributed by atoms with Gasteiger partial charge in [-0.05, 0) is 34.1 Å². The molecule has 4 nitrogen and oxygen atoms in total. The first kappa shape index (κ1) is 12.1. The molecule has 0 bridgehead atoms. The molecule has 0 aliphatic carbocycles. The van der Waals surface area contributed by atoms with Crippen LogP contribution in [0.5, 0.6) is 0 Å². The van der Waals surface area contributed by atoms with Crippen LogP contribution in [0.3, 0.4) is 0 Å². The molecule has 88 valence electrons. The molecule has 1 amide bonds. The number of nitrogens with zero attached hydrogens (tertiary/aromatic N) is 1. The summed E-state index contributed by atoms with van der Waals surface area (Å²) in [5.74, 6) is -0.427. The third-order valence-corrected chi connectivity index (χ3v) is 3.76. The Kier molecular flexibility index (Phi) is 3.75. The molecule has 0 aromatic carbocycles. The predicted octanol–water partition coefficient (Wildman–Crippen LogP) is 2.62. The van der Waals surface area contributed by atoms with Gasteiger partial charge in [0.05, 0.1) is 21.7 Å². The number of carbonyl (C=O) groups excluding carboxylic acids is 1. The average molecular weight is 312 g/mol. The van der Waals surface area contributed by atoms with Crippen molar-refractivity contribution in [3.05, 3.63) is 44.8 Å². The van der Waals surface area contributed by atoms with Crippen molar-refractivity contribution in [2.75, 3.05) is 5.32 Å². The normalized spacial score (nSPS) is 10.2. The largest absolute Gasteiger partial charge is 0.378 e. The first-order chi connectivity index (χ1) is 8.16. The molecular weight excluding hydrogens is 302 g/mol. The lowest BCUT2D eigenvalue weighted by molar-refractivity contribution is 0.100. The number of halogens is 1. The summed E-state index contributed by atoms with van der Waals surface area (Å²) in [4.78, 5) is 15.9. The maximum absolute atomic E-state index is 11.2. The number of anilines is 1. The Morgan fingerprint density at radius 1 is 1.53 bits per heavy atom. The molecule has 0 aliphatic rings. The highest BCUT2D eigenvalue weighted by molar-refractivity contribution is 9.11. The van der Waals surface area contributed by atoms with Crippen molar-refractivity contribution in [1.82, 2.24) is 4.98 Å². The minimum atomic E-state index is -0.427. The van der Waals surface area contributed by atoms with Gasteiger partial charge in [-0.1, -0.05) is 6.07 Å². The van der Waals surface area contributed by atoms with Crippen LogP contribution in [0.4, 0.5) is 5.69 Å². The molecule has 3 N–H and O–H groups in total. The number of hydrogen-bond donors (Lipinski definition) is 2. The summed E-state index contributed by atoms with van der Waals surface area (Å²) in [6, 6.07) is 7.54. The van der Waals surface area contributed by atoms with Crippen molar-refractivity contribution in [3.63, 3.8) is 0 Å². The van der Waals surface area contributed by atoms with E-state index in [-0.39, 0.29) is 0 Å². The molecule has 0 spiro atoms. The summed E-state index contributed by atoms with van der Waals surface area (Å²) in [5, 5.41) is 3.15. The van der Waals surface area contributed by atoms with Gasteiger partial charge in [0, 0.05) is 6.20 Å². The summed E-state index contributed by atoms with van der Waals surface area (Å²) < 4.78 is 0.870. The van der Waals surface area contributed by atoms with Gasteiger partial charge in [0.2, 0.25) is 0 Å². The van der Waals surface area contributed by atoms with E-state index in [1.165, 1.54) is 11.3 Å². The number of nitrogens with two attached hydrogens (primary N) is 1. The molecule has 2 rings (SSSR count). The summed E-state index contributed by atoms with van der Waals surface area (Å²) in [7, 11) is 0. The Balaban J connectivity index is 2.11. The van der Waals surface area contributed by atoms with Crippen LogP contribution in [0.2, 0.25) is 0 Å². The van der Waals surface area contributed by atoms with Crippen molar-refractivity contribution in [2.45, 2.75) is 6.54 Å². The minimum Gasteiger partial charge on any atom is -0.378 e. The van der Waals surface area contributed by atoms with Gasteiger partial charge in [-0.25, -0.2) is 0 Å². The summed E-state index contributed by atoms with van der Waals surface area (Å²) in [5.41, 5.74) is 6.94. The Bertz CT molecular complexity index is 527. The van der Waals surface area contributed by atoms with E-state index in [0.29, 0.717) is 11.4 Å². The molecule has 0 fully saturated rings. The second-order valence-electron chi connectivity index (χ2n) is 3.33. The molecule has 6 heteroatoms. The molecule has 0 unspecified atom stereocenters. The Morgan fingerprint density at radius 2 is 2.35 bits per heavy atom. The Labute approximate surface area is 111 Å². The molecule has 2 aromatic heterocycles. The Morgan fingerprint density at radius 3 is 3.00 bits per heavy atom.